The van der Waals surface area contributed by atoms with Crippen LogP contribution in [-0.2, 0) is 9.47 Å². The first kappa shape index (κ1) is 35.0. The second kappa shape index (κ2) is 14.9. The van der Waals surface area contributed by atoms with E-state index < -0.39 is 11.4 Å². The Hall–Kier alpha value is -4.86. The Morgan fingerprint density at radius 1 is 1.10 bits per heavy atom. The van der Waals surface area contributed by atoms with Crippen molar-refractivity contribution in [3.63, 3.8) is 0 Å². The molecular weight excluding hydrogens is 641 g/mol. The zero-order valence-corrected chi connectivity index (χ0v) is 28.8. The average Bonchev–Trinajstić information content (AvgIpc) is 3.48. The molecule has 12 heteroatoms. The lowest BCUT2D eigenvalue weighted by Crippen LogP contribution is -2.50. The van der Waals surface area contributed by atoms with Crippen LogP contribution in [0.2, 0.25) is 0 Å². The van der Waals surface area contributed by atoms with E-state index in [9.17, 15) is 20.3 Å². The van der Waals surface area contributed by atoms with Crippen molar-refractivity contribution in [1.82, 2.24) is 14.7 Å². The highest BCUT2D eigenvalue weighted by Gasteiger charge is 2.28. The Kier molecular flexibility index (Phi) is 10.5. The highest BCUT2D eigenvalue weighted by Crippen LogP contribution is 2.42. The van der Waals surface area contributed by atoms with Crippen LogP contribution in [0, 0.1) is 17.1 Å². The maximum absolute atomic E-state index is 15.6. The third-order valence-corrected chi connectivity index (χ3v) is 8.97. The van der Waals surface area contributed by atoms with Gasteiger partial charge in [0.2, 0.25) is 0 Å². The van der Waals surface area contributed by atoms with Gasteiger partial charge in [-0.3, -0.25) is 0 Å². The zero-order valence-electron chi connectivity index (χ0n) is 28.8. The van der Waals surface area contributed by atoms with Crippen LogP contribution in [-0.4, -0.2) is 82.6 Å². The summed E-state index contributed by atoms with van der Waals surface area (Å²) in [5.41, 5.74) is 2.71. The smallest absolute Gasteiger partial charge is 0.410 e. The molecular formula is C38H44FN5O6. The van der Waals surface area contributed by atoms with Gasteiger partial charge in [0, 0.05) is 55.9 Å². The van der Waals surface area contributed by atoms with E-state index in [2.05, 4.69) is 6.07 Å². The lowest BCUT2D eigenvalue weighted by molar-refractivity contribution is -0.0365. The van der Waals surface area contributed by atoms with Crippen LogP contribution >= 0.6 is 0 Å². The number of hydrogen-bond acceptors (Lipinski definition) is 9. The first-order chi connectivity index (χ1) is 24.1. The average molecular weight is 686 g/mol. The van der Waals surface area contributed by atoms with Crippen molar-refractivity contribution in [1.29, 1.82) is 5.26 Å². The van der Waals surface area contributed by atoms with E-state index in [1.165, 1.54) is 6.07 Å². The second-order valence-electron chi connectivity index (χ2n) is 13.7. The molecule has 50 heavy (non-hydrogen) atoms. The first-order valence-corrected chi connectivity index (χ1v) is 17.2. The molecule has 1 amide bonds. The van der Waals surface area contributed by atoms with Gasteiger partial charge in [-0.2, -0.15) is 10.4 Å². The number of ether oxygens (including phenoxy) is 3. The monoisotopic (exact) mass is 685 g/mol. The number of unbranched alkanes of at least 4 members (excludes halogenated alkanes) is 1. The van der Waals surface area contributed by atoms with E-state index in [0.29, 0.717) is 84.8 Å². The van der Waals surface area contributed by atoms with E-state index in [-0.39, 0.29) is 42.4 Å². The van der Waals surface area contributed by atoms with Crippen LogP contribution in [0.1, 0.15) is 64.7 Å². The summed E-state index contributed by atoms with van der Waals surface area (Å²) in [5.74, 6) is -0.165. The van der Waals surface area contributed by atoms with Crippen molar-refractivity contribution in [2.24, 2.45) is 0 Å². The zero-order chi connectivity index (χ0) is 35.4. The van der Waals surface area contributed by atoms with Gasteiger partial charge in [0.05, 0.1) is 35.0 Å². The van der Waals surface area contributed by atoms with E-state index in [0.717, 1.165) is 19.3 Å². The highest BCUT2D eigenvalue weighted by atomic mass is 19.1. The van der Waals surface area contributed by atoms with Gasteiger partial charge in [-0.1, -0.05) is 12.1 Å². The number of rotatable bonds is 9. The van der Waals surface area contributed by atoms with Crippen molar-refractivity contribution >= 4 is 22.7 Å². The minimum Gasteiger partial charge on any atom is -0.506 e. The number of nitriles is 1. The van der Waals surface area contributed by atoms with Gasteiger partial charge in [0.15, 0.2) is 6.23 Å². The third-order valence-electron chi connectivity index (χ3n) is 8.97. The molecule has 2 N–H and O–H groups in total. The fourth-order valence-corrected chi connectivity index (χ4v) is 6.51. The van der Waals surface area contributed by atoms with Crippen molar-refractivity contribution < 1.29 is 33.6 Å². The minimum absolute atomic E-state index is 0.0351. The Balaban J connectivity index is 1.38. The molecule has 264 valence electrons. The molecule has 3 aromatic carbocycles. The molecule has 1 aromatic heterocycles. The molecule has 2 saturated heterocycles. The molecule has 0 saturated carbocycles. The number of carbonyl (C=O) groups is 1. The quantitative estimate of drug-likeness (QED) is 0.179. The van der Waals surface area contributed by atoms with Gasteiger partial charge in [0.25, 0.3) is 0 Å². The number of aromatic hydroxyl groups is 1. The number of aromatic nitrogens is 2. The second-order valence-corrected chi connectivity index (χ2v) is 13.7. The minimum atomic E-state index is -0.578. The summed E-state index contributed by atoms with van der Waals surface area (Å²) in [6, 6.07) is 15.7. The Morgan fingerprint density at radius 3 is 2.58 bits per heavy atom. The summed E-state index contributed by atoms with van der Waals surface area (Å²) in [5, 5.41) is 36.5. The topological polar surface area (TPSA) is 133 Å². The maximum atomic E-state index is 15.6. The van der Waals surface area contributed by atoms with Gasteiger partial charge in [-0.05, 0) is 89.3 Å². The van der Waals surface area contributed by atoms with Crippen molar-refractivity contribution in [3.05, 3.63) is 59.9 Å². The largest absolute Gasteiger partial charge is 0.506 e. The SMILES string of the molecule is CC(C)(C)OC(=O)N1CCN(c2ccc(-c3nn(C4CCCCO4)c4cc(C#N)c(-c5c(F)cccc5OCCCCO)cc34)cc2O)CC1. The molecule has 2 aliphatic rings. The summed E-state index contributed by atoms with van der Waals surface area (Å²) in [4.78, 5) is 16.3. The predicted octanol–water partition coefficient (Wildman–Crippen LogP) is 6.99. The van der Waals surface area contributed by atoms with Gasteiger partial charge >= 0.3 is 6.09 Å². The molecule has 1 unspecified atom stereocenters. The summed E-state index contributed by atoms with van der Waals surface area (Å²) >= 11 is 0. The fraction of sp³-hybridized carbons (Fsp3) is 0.447. The Labute approximate surface area is 291 Å². The van der Waals surface area contributed by atoms with E-state index in [4.69, 9.17) is 19.3 Å². The number of halogens is 1. The van der Waals surface area contributed by atoms with E-state index >= 15 is 4.39 Å². The number of anilines is 1. The molecule has 0 aliphatic carbocycles. The predicted molar refractivity (Wildman–Crippen MR) is 188 cm³/mol. The molecule has 3 heterocycles. The van der Waals surface area contributed by atoms with Crippen LogP contribution in [0.5, 0.6) is 11.5 Å². The van der Waals surface area contributed by atoms with Crippen LogP contribution in [0.15, 0.2) is 48.5 Å². The molecule has 6 rings (SSSR count). The number of fused-ring (bicyclic) bond motifs is 1. The Bertz CT molecular complexity index is 1880. The summed E-state index contributed by atoms with van der Waals surface area (Å²) < 4.78 is 35.0. The van der Waals surface area contributed by atoms with E-state index in [1.807, 2.05) is 37.8 Å². The standard InChI is InChI=1S/C38H44FN5O6/c1-38(2,3)50-37(47)43-16-14-42(15-17-43)30-13-12-25(22-32(30)46)36-28-23-27(35-29(39)9-8-10-33(35)48-19-7-5-18-45)26(24-40)21-31(28)44(41-36)34-11-4-6-20-49-34/h8-10,12-13,21-23,34,45-46H,4-7,11,14-20H2,1-3H3. The summed E-state index contributed by atoms with van der Waals surface area (Å²) in [6.45, 7) is 8.39. The number of benzene rings is 3. The molecule has 0 radical (unpaired) electrons. The molecule has 0 bridgehead atoms. The lowest BCUT2D eigenvalue weighted by atomic mass is 9.95. The number of amides is 1. The number of phenolic OH excluding ortho intramolecular Hbond substituents is 1. The number of aliphatic hydroxyl groups excluding tert-OH is 1. The van der Waals surface area contributed by atoms with Crippen LogP contribution in [0.4, 0.5) is 14.9 Å². The van der Waals surface area contributed by atoms with Crippen LogP contribution < -0.4 is 9.64 Å². The first-order valence-electron chi connectivity index (χ1n) is 17.2. The number of hydrogen-bond donors (Lipinski definition) is 2. The maximum Gasteiger partial charge on any atom is 0.410 e. The third kappa shape index (κ3) is 7.49. The van der Waals surface area contributed by atoms with Gasteiger partial charge in [-0.15, -0.1) is 0 Å². The molecule has 1 atom stereocenters. The van der Waals surface area contributed by atoms with Crippen molar-refractivity contribution in [3.8, 4) is 40.0 Å². The fourth-order valence-electron chi connectivity index (χ4n) is 6.51. The highest BCUT2D eigenvalue weighted by molar-refractivity contribution is 5.99. The number of piperazine rings is 1. The molecule has 2 fully saturated rings. The molecule has 2 aliphatic heterocycles. The van der Waals surface area contributed by atoms with E-state index in [1.54, 1.807) is 39.9 Å². The summed E-state index contributed by atoms with van der Waals surface area (Å²) in [7, 11) is 0. The normalized spacial score (nSPS) is 16.8. The van der Waals surface area contributed by atoms with Gasteiger partial charge in [0.1, 0.15) is 28.6 Å². The van der Waals surface area contributed by atoms with Crippen LogP contribution in [0.3, 0.4) is 0 Å². The lowest BCUT2D eigenvalue weighted by Gasteiger charge is -2.37. The van der Waals surface area contributed by atoms with Crippen molar-refractivity contribution in [2.45, 2.75) is 64.7 Å². The van der Waals surface area contributed by atoms with Crippen molar-refractivity contribution in [2.75, 3.05) is 50.9 Å². The number of phenols is 1. The van der Waals surface area contributed by atoms with Gasteiger partial charge < -0.3 is 34.2 Å². The Morgan fingerprint density at radius 2 is 1.90 bits per heavy atom. The molecule has 4 aromatic rings. The van der Waals surface area contributed by atoms with Gasteiger partial charge in [-0.25, -0.2) is 13.9 Å². The number of carbonyl (C=O) groups excluding carboxylic acids is 1. The summed E-state index contributed by atoms with van der Waals surface area (Å²) in [6.07, 6.45) is 3.12. The molecule has 11 nitrogen and oxygen atoms in total. The number of aliphatic hydroxyl groups is 1. The van der Waals surface area contributed by atoms with Crippen LogP contribution in [0.25, 0.3) is 33.3 Å². The molecule has 0 spiro atoms. The number of nitrogens with zero attached hydrogens (tertiary/aromatic N) is 5.